The largest absolute Gasteiger partial charge is 0.368 e. The predicted octanol–water partition coefficient (Wildman–Crippen LogP) is 6.97. The summed E-state index contributed by atoms with van der Waals surface area (Å²) in [6.07, 6.45) is 15.6. The van der Waals surface area contributed by atoms with E-state index in [0.29, 0.717) is 5.92 Å². The van der Waals surface area contributed by atoms with Crippen LogP contribution in [0.1, 0.15) is 50.3 Å². The Labute approximate surface area is 175 Å². The van der Waals surface area contributed by atoms with Crippen molar-refractivity contribution in [1.29, 1.82) is 0 Å². The molecule has 3 heteroatoms. The van der Waals surface area contributed by atoms with E-state index >= 15 is 0 Å². The first-order valence-electron chi connectivity index (χ1n) is 10.5. The van der Waals surface area contributed by atoms with Crippen LogP contribution in [0.25, 0.3) is 10.9 Å². The minimum Gasteiger partial charge on any atom is -0.368 e. The fourth-order valence-electron chi connectivity index (χ4n) is 5.89. The molecule has 0 amide bonds. The van der Waals surface area contributed by atoms with Gasteiger partial charge in [0.05, 0.1) is 12.3 Å². The van der Waals surface area contributed by atoms with Gasteiger partial charge in [-0.15, -0.1) is 0 Å². The average Bonchev–Trinajstić information content (AvgIpc) is 3.09. The van der Waals surface area contributed by atoms with Crippen molar-refractivity contribution in [3.8, 4) is 0 Å². The smallest absolute Gasteiger partial charge is 0.108 e. The molecule has 1 saturated carbocycles. The Bertz CT molecular complexity index is 987. The van der Waals surface area contributed by atoms with Gasteiger partial charge in [-0.25, -0.2) is 0 Å². The molecule has 28 heavy (non-hydrogen) atoms. The first kappa shape index (κ1) is 18.4. The topological polar surface area (TPSA) is 25.0 Å². The van der Waals surface area contributed by atoms with Crippen molar-refractivity contribution >= 4 is 26.8 Å². The molecule has 1 aromatic carbocycles. The minimum atomic E-state index is -0.160. The Morgan fingerprint density at radius 1 is 1.21 bits per heavy atom. The Morgan fingerprint density at radius 2 is 2.04 bits per heavy atom. The molecule has 2 heterocycles. The first-order chi connectivity index (χ1) is 13.5. The van der Waals surface area contributed by atoms with E-state index in [1.165, 1.54) is 27.7 Å². The summed E-state index contributed by atoms with van der Waals surface area (Å²) in [6, 6.07) is 6.56. The maximum absolute atomic E-state index is 6.55. The molecule has 1 aromatic heterocycles. The standard InChI is InChI=1S/C25H28BrNO/c1-17(2)24(18-6-4-3-5-7-18)11-13-25(14-12-24)23-20(10-15-28-25)21-16-19(26)8-9-22(21)27-23/h3-6,8-9,16,18,27H,1,7,10-15H2,2H3. The minimum absolute atomic E-state index is 0.160. The number of fused-ring (bicyclic) bond motifs is 4. The van der Waals surface area contributed by atoms with Gasteiger partial charge in [-0.1, -0.05) is 52.4 Å². The summed E-state index contributed by atoms with van der Waals surface area (Å²) in [6.45, 7) is 7.49. The molecule has 3 aliphatic rings. The van der Waals surface area contributed by atoms with E-state index in [1.54, 1.807) is 0 Å². The SMILES string of the molecule is C=C(C)C1(C2C=CC=CC2)CCC2(CC1)OCCc1c2[nH]c2ccc(Br)cc12. The van der Waals surface area contributed by atoms with Crippen molar-refractivity contribution in [2.45, 2.75) is 51.0 Å². The molecular formula is C25H28BrNO. The molecule has 0 radical (unpaired) electrons. The molecular weight excluding hydrogens is 410 g/mol. The molecule has 1 unspecified atom stereocenters. The lowest BCUT2D eigenvalue weighted by Crippen LogP contribution is -2.45. The second-order valence-electron chi connectivity index (χ2n) is 8.85. The molecule has 1 aliphatic heterocycles. The Hall–Kier alpha value is -1.58. The summed E-state index contributed by atoms with van der Waals surface area (Å²) in [4.78, 5) is 3.75. The molecule has 1 fully saturated rings. The molecule has 146 valence electrons. The van der Waals surface area contributed by atoms with Crippen LogP contribution >= 0.6 is 15.9 Å². The highest BCUT2D eigenvalue weighted by atomic mass is 79.9. The number of benzene rings is 1. The Morgan fingerprint density at radius 3 is 2.75 bits per heavy atom. The summed E-state index contributed by atoms with van der Waals surface area (Å²) in [5.41, 5.74) is 5.40. The molecule has 2 aliphatic carbocycles. The summed E-state index contributed by atoms with van der Waals surface area (Å²) >= 11 is 3.64. The number of rotatable bonds is 2. The maximum atomic E-state index is 6.55. The number of hydrogen-bond donors (Lipinski definition) is 1. The number of H-pyrrole nitrogens is 1. The highest BCUT2D eigenvalue weighted by Gasteiger charge is 2.50. The molecule has 2 aromatic rings. The van der Waals surface area contributed by atoms with E-state index in [9.17, 15) is 0 Å². The van der Waals surface area contributed by atoms with Gasteiger partial charge >= 0.3 is 0 Å². The molecule has 0 saturated heterocycles. The van der Waals surface area contributed by atoms with Crippen LogP contribution in [0, 0.1) is 11.3 Å². The van der Waals surface area contributed by atoms with Gasteiger partial charge in [-0.3, -0.25) is 0 Å². The van der Waals surface area contributed by atoms with Crippen molar-refractivity contribution in [1.82, 2.24) is 4.98 Å². The third-order valence-electron chi connectivity index (χ3n) is 7.54. The molecule has 0 bridgehead atoms. The van der Waals surface area contributed by atoms with E-state index in [-0.39, 0.29) is 11.0 Å². The quantitative estimate of drug-likeness (QED) is 0.504. The number of halogens is 1. The van der Waals surface area contributed by atoms with Crippen molar-refractivity contribution in [2.75, 3.05) is 6.61 Å². The van der Waals surface area contributed by atoms with Gasteiger partial charge in [0, 0.05) is 15.4 Å². The van der Waals surface area contributed by atoms with E-state index in [1.807, 2.05) is 0 Å². The number of aromatic nitrogens is 1. The third-order valence-corrected chi connectivity index (χ3v) is 8.04. The van der Waals surface area contributed by atoms with Gasteiger partial charge in [-0.2, -0.15) is 0 Å². The van der Waals surface area contributed by atoms with Gasteiger partial charge < -0.3 is 9.72 Å². The molecule has 1 N–H and O–H groups in total. The number of hydrogen-bond acceptors (Lipinski definition) is 1. The zero-order valence-corrected chi connectivity index (χ0v) is 18.1. The van der Waals surface area contributed by atoms with Crippen LogP contribution in [0.15, 0.2) is 59.1 Å². The first-order valence-corrected chi connectivity index (χ1v) is 11.3. The molecule has 2 nitrogen and oxygen atoms in total. The van der Waals surface area contributed by atoms with Crippen molar-refractivity contribution in [3.05, 3.63) is 70.4 Å². The van der Waals surface area contributed by atoms with Crippen LogP contribution in [-0.4, -0.2) is 11.6 Å². The lowest BCUT2D eigenvalue weighted by molar-refractivity contribution is -0.108. The molecule has 1 atom stereocenters. The molecule has 5 rings (SSSR count). The van der Waals surface area contributed by atoms with Gasteiger partial charge in [0.25, 0.3) is 0 Å². The zero-order chi connectivity index (χ0) is 19.4. The van der Waals surface area contributed by atoms with E-state index in [0.717, 1.165) is 49.6 Å². The lowest BCUT2D eigenvalue weighted by atomic mass is 9.57. The van der Waals surface area contributed by atoms with E-state index < -0.39 is 0 Å². The second-order valence-corrected chi connectivity index (χ2v) is 9.77. The van der Waals surface area contributed by atoms with Gasteiger partial charge in [0.2, 0.25) is 0 Å². The number of nitrogens with one attached hydrogen (secondary N) is 1. The third kappa shape index (κ3) is 2.70. The monoisotopic (exact) mass is 437 g/mol. The van der Waals surface area contributed by atoms with Crippen LogP contribution in [0.2, 0.25) is 0 Å². The van der Waals surface area contributed by atoms with Crippen molar-refractivity contribution < 1.29 is 4.74 Å². The van der Waals surface area contributed by atoms with Crippen LogP contribution in [0.4, 0.5) is 0 Å². The van der Waals surface area contributed by atoms with Crippen molar-refractivity contribution in [3.63, 3.8) is 0 Å². The number of aromatic amines is 1. The predicted molar refractivity (Wildman–Crippen MR) is 119 cm³/mol. The fourth-order valence-corrected chi connectivity index (χ4v) is 6.25. The van der Waals surface area contributed by atoms with E-state index in [2.05, 4.69) is 76.9 Å². The summed E-state index contributed by atoms with van der Waals surface area (Å²) in [5.74, 6) is 0.564. The van der Waals surface area contributed by atoms with E-state index in [4.69, 9.17) is 4.74 Å². The number of allylic oxidation sites excluding steroid dienone is 5. The summed E-state index contributed by atoms with van der Waals surface area (Å²) in [5, 5.41) is 1.35. The molecule has 1 spiro atoms. The van der Waals surface area contributed by atoms with Crippen LogP contribution in [0.5, 0.6) is 0 Å². The summed E-state index contributed by atoms with van der Waals surface area (Å²) in [7, 11) is 0. The van der Waals surface area contributed by atoms with Crippen molar-refractivity contribution in [2.24, 2.45) is 11.3 Å². The van der Waals surface area contributed by atoms with Gasteiger partial charge in [0.15, 0.2) is 0 Å². The van der Waals surface area contributed by atoms with Gasteiger partial charge in [0.1, 0.15) is 5.60 Å². The van der Waals surface area contributed by atoms with Crippen LogP contribution < -0.4 is 0 Å². The van der Waals surface area contributed by atoms with Gasteiger partial charge in [-0.05, 0) is 80.5 Å². The number of ether oxygens (including phenoxy) is 1. The van der Waals surface area contributed by atoms with Crippen LogP contribution in [-0.2, 0) is 16.8 Å². The zero-order valence-electron chi connectivity index (χ0n) is 16.6. The Kier molecular flexibility index (Phi) is 4.44. The highest BCUT2D eigenvalue weighted by Crippen LogP contribution is 2.57. The Balaban J connectivity index is 1.51. The lowest BCUT2D eigenvalue weighted by Gasteiger charge is -2.51. The highest BCUT2D eigenvalue weighted by molar-refractivity contribution is 9.10. The van der Waals surface area contributed by atoms with Crippen LogP contribution in [0.3, 0.4) is 0 Å². The average molecular weight is 438 g/mol. The second kappa shape index (κ2) is 6.74. The summed E-state index contributed by atoms with van der Waals surface area (Å²) < 4.78 is 7.69. The normalized spacial score (nSPS) is 32.0. The fraction of sp³-hybridized carbons (Fsp3) is 0.440. The maximum Gasteiger partial charge on any atom is 0.108 e.